The van der Waals surface area contributed by atoms with Gasteiger partial charge in [0.05, 0.1) is 25.4 Å². The molecule has 0 saturated heterocycles. The summed E-state index contributed by atoms with van der Waals surface area (Å²) in [6, 6.07) is 10.5. The van der Waals surface area contributed by atoms with E-state index in [1.165, 1.54) is 13.2 Å². The predicted octanol–water partition coefficient (Wildman–Crippen LogP) is 3.62. The number of aryl methyl sites for hydroxylation is 1. The van der Waals surface area contributed by atoms with Crippen molar-refractivity contribution in [2.24, 2.45) is 5.73 Å². The van der Waals surface area contributed by atoms with E-state index >= 15 is 0 Å². The second-order valence-electron chi connectivity index (χ2n) is 7.90. The lowest BCUT2D eigenvalue weighted by Gasteiger charge is -2.10. The minimum atomic E-state index is -4.01. The van der Waals surface area contributed by atoms with Crippen LogP contribution < -0.4 is 15.2 Å². The summed E-state index contributed by atoms with van der Waals surface area (Å²) >= 11 is 0. The number of nitrogens with one attached hydrogen (secondary N) is 1. The number of rotatable bonds is 7. The Kier molecular flexibility index (Phi) is 6.66. The minimum Gasteiger partial charge on any atom is -0.496 e. The van der Waals surface area contributed by atoms with Gasteiger partial charge in [0, 0.05) is 29.9 Å². The molecule has 0 aliphatic carbocycles. The zero-order valence-corrected chi connectivity index (χ0v) is 20.6. The van der Waals surface area contributed by atoms with Crippen LogP contribution in [0.5, 0.6) is 5.75 Å². The van der Waals surface area contributed by atoms with Crippen LogP contribution in [-0.2, 0) is 23.1 Å². The average Bonchev–Trinajstić information content (AvgIpc) is 3.44. The molecule has 0 aliphatic heterocycles. The molecular weight excluding hydrogens is 492 g/mol. The van der Waals surface area contributed by atoms with Gasteiger partial charge in [0.25, 0.3) is 10.0 Å². The highest BCUT2D eigenvalue weighted by Crippen LogP contribution is 2.35. The third-order valence-electron chi connectivity index (χ3n) is 5.42. The summed E-state index contributed by atoms with van der Waals surface area (Å²) in [6.07, 6.45) is 5.20. The van der Waals surface area contributed by atoms with Crippen LogP contribution in [0.15, 0.2) is 64.4 Å². The number of pyridine rings is 1. The molecule has 10 nitrogen and oxygen atoms in total. The summed E-state index contributed by atoms with van der Waals surface area (Å²) in [7, 11) is -2.51. The molecule has 3 aromatic heterocycles. The maximum Gasteiger partial charge on any atom is 0.265 e. The van der Waals surface area contributed by atoms with Crippen molar-refractivity contribution in [1.29, 1.82) is 0 Å². The van der Waals surface area contributed by atoms with Gasteiger partial charge in [0.15, 0.2) is 11.4 Å². The quantitative estimate of drug-likeness (QED) is 0.336. The normalized spacial score (nSPS) is 11.5. The Hall–Kier alpha value is -3.67. The van der Waals surface area contributed by atoms with Gasteiger partial charge in [0.1, 0.15) is 16.0 Å². The number of anilines is 1. The van der Waals surface area contributed by atoms with E-state index in [1.54, 1.807) is 35.3 Å². The Labute approximate surface area is 207 Å². The van der Waals surface area contributed by atoms with Crippen LogP contribution in [0.4, 0.5) is 5.82 Å². The van der Waals surface area contributed by atoms with E-state index in [0.29, 0.717) is 35.3 Å². The summed E-state index contributed by atoms with van der Waals surface area (Å²) in [5.41, 5.74) is 9.10. The first kappa shape index (κ1) is 24.5. The smallest absolute Gasteiger partial charge is 0.265 e. The number of benzene rings is 2. The molecular formula is C23H23ClN6O4S. The second kappa shape index (κ2) is 9.53. The Morgan fingerprint density at radius 3 is 2.74 bits per heavy atom. The van der Waals surface area contributed by atoms with Crippen LogP contribution >= 0.6 is 12.4 Å². The molecule has 12 heteroatoms. The van der Waals surface area contributed by atoms with Crippen molar-refractivity contribution in [2.45, 2.75) is 24.9 Å². The topological polar surface area (TPSA) is 138 Å². The fourth-order valence-electron chi connectivity index (χ4n) is 3.84. The predicted molar refractivity (Wildman–Crippen MR) is 134 cm³/mol. The number of halogens is 1. The van der Waals surface area contributed by atoms with Gasteiger partial charge in [-0.05, 0) is 42.3 Å². The van der Waals surface area contributed by atoms with Crippen LogP contribution in [0, 0.1) is 6.92 Å². The Bertz CT molecular complexity index is 1630. The van der Waals surface area contributed by atoms with Crippen LogP contribution in [0.25, 0.3) is 21.9 Å². The summed E-state index contributed by atoms with van der Waals surface area (Å²) in [5.74, 6) is 0.455. The third-order valence-corrected chi connectivity index (χ3v) is 6.79. The maximum atomic E-state index is 13.3. The van der Waals surface area contributed by atoms with Crippen molar-refractivity contribution in [1.82, 2.24) is 19.9 Å². The van der Waals surface area contributed by atoms with Gasteiger partial charge in [-0.2, -0.15) is 5.10 Å². The van der Waals surface area contributed by atoms with Gasteiger partial charge >= 0.3 is 0 Å². The number of para-hydroxylation sites is 1. The highest BCUT2D eigenvalue weighted by Gasteiger charge is 2.24. The van der Waals surface area contributed by atoms with Crippen molar-refractivity contribution in [3.63, 3.8) is 0 Å². The molecule has 0 fully saturated rings. The Morgan fingerprint density at radius 1 is 1.17 bits per heavy atom. The number of methoxy groups -OCH3 is 1. The lowest BCUT2D eigenvalue weighted by molar-refractivity contribution is 0.418. The van der Waals surface area contributed by atoms with Gasteiger partial charge in [-0.3, -0.25) is 14.4 Å². The number of fused-ring (bicyclic) bond motifs is 2. The molecule has 0 unspecified atom stereocenters. The van der Waals surface area contributed by atoms with E-state index in [2.05, 4.69) is 20.0 Å². The van der Waals surface area contributed by atoms with Gasteiger partial charge in [-0.1, -0.05) is 17.3 Å². The Morgan fingerprint density at radius 2 is 2.00 bits per heavy atom. The van der Waals surface area contributed by atoms with E-state index in [-0.39, 0.29) is 23.1 Å². The van der Waals surface area contributed by atoms with Crippen molar-refractivity contribution in [3.05, 3.63) is 71.7 Å². The van der Waals surface area contributed by atoms with Gasteiger partial charge in [0.2, 0.25) is 0 Å². The summed E-state index contributed by atoms with van der Waals surface area (Å²) in [5, 5.41) is 9.40. The number of aromatic nitrogens is 4. The molecule has 3 heterocycles. The molecule has 0 saturated carbocycles. The van der Waals surface area contributed by atoms with E-state index in [4.69, 9.17) is 15.0 Å². The fourth-order valence-corrected chi connectivity index (χ4v) is 5.03. The van der Waals surface area contributed by atoms with Crippen molar-refractivity contribution < 1.29 is 17.7 Å². The highest BCUT2D eigenvalue weighted by atomic mass is 35.5. The molecule has 0 bridgehead atoms. The maximum absolute atomic E-state index is 13.3. The number of nitrogens with two attached hydrogens (primary N) is 1. The van der Waals surface area contributed by atoms with Gasteiger partial charge in [-0.25, -0.2) is 8.42 Å². The molecule has 0 radical (unpaired) electrons. The molecule has 0 spiro atoms. The number of hydrogen-bond acceptors (Lipinski definition) is 8. The summed E-state index contributed by atoms with van der Waals surface area (Å²) in [6.45, 7) is 2.76. The number of sulfonamides is 1. The first-order chi connectivity index (χ1) is 16.4. The van der Waals surface area contributed by atoms with Crippen molar-refractivity contribution in [3.8, 4) is 5.75 Å². The van der Waals surface area contributed by atoms with E-state index in [9.17, 15) is 8.42 Å². The Balaban J connectivity index is 0.00000289. The lowest BCUT2D eigenvalue weighted by atomic mass is 10.1. The van der Waals surface area contributed by atoms with Crippen LogP contribution in [0.1, 0.15) is 16.7 Å². The summed E-state index contributed by atoms with van der Waals surface area (Å²) < 4.78 is 41.9. The van der Waals surface area contributed by atoms with E-state index < -0.39 is 10.0 Å². The molecule has 5 rings (SSSR count). The van der Waals surface area contributed by atoms with Crippen LogP contribution in [0.3, 0.4) is 0 Å². The van der Waals surface area contributed by atoms with Crippen molar-refractivity contribution >= 4 is 50.1 Å². The summed E-state index contributed by atoms with van der Waals surface area (Å²) in [4.78, 5) is 4.38. The average molecular weight is 515 g/mol. The van der Waals surface area contributed by atoms with Crippen LogP contribution in [-0.4, -0.2) is 35.4 Å². The number of hydrogen-bond donors (Lipinski definition) is 2. The molecule has 5 aromatic rings. The first-order valence-corrected chi connectivity index (χ1v) is 11.9. The molecule has 3 N–H and O–H groups in total. The number of nitrogens with zero attached hydrogens (tertiary/aromatic N) is 4. The molecule has 0 atom stereocenters. The fraction of sp³-hybridized carbons (Fsp3) is 0.174. The molecule has 182 valence electrons. The zero-order valence-electron chi connectivity index (χ0n) is 18.9. The number of ether oxygens (including phenoxy) is 1. The minimum absolute atomic E-state index is 0. The molecule has 0 amide bonds. The molecule has 35 heavy (non-hydrogen) atoms. The molecule has 2 aromatic carbocycles. The standard InChI is InChI=1S/C23H22N6O4S.ClH/c1-14-6-17-4-3-5-20(22(17)25-10-14)34(30,31)28-23-21-18(32-2)7-15(8-19(21)33-27-23)12-29-13-16(9-24)11-26-29;/h3-8,10-11,13H,9,12,24H2,1-2H3,(H,27,28);1H. The zero-order chi connectivity index (χ0) is 23.9. The van der Waals surface area contributed by atoms with Gasteiger partial charge < -0.3 is 15.0 Å². The van der Waals surface area contributed by atoms with E-state index in [1.807, 2.05) is 25.3 Å². The lowest BCUT2D eigenvalue weighted by Crippen LogP contribution is -2.14. The largest absolute Gasteiger partial charge is 0.496 e. The third kappa shape index (κ3) is 4.65. The monoisotopic (exact) mass is 514 g/mol. The SMILES string of the molecule is COc1cc(Cn2cc(CN)cn2)cc2onc(NS(=O)(=O)c3cccc4cc(C)cnc34)c12.Cl. The van der Waals surface area contributed by atoms with Crippen LogP contribution in [0.2, 0.25) is 0 Å². The molecule has 0 aliphatic rings. The first-order valence-electron chi connectivity index (χ1n) is 10.4. The van der Waals surface area contributed by atoms with E-state index in [0.717, 1.165) is 22.1 Å². The second-order valence-corrected chi connectivity index (χ2v) is 9.55. The van der Waals surface area contributed by atoms with Gasteiger partial charge in [-0.15, -0.1) is 12.4 Å². The highest BCUT2D eigenvalue weighted by molar-refractivity contribution is 7.93. The van der Waals surface area contributed by atoms with Crippen molar-refractivity contribution in [2.75, 3.05) is 11.8 Å².